The van der Waals surface area contributed by atoms with Crippen molar-refractivity contribution in [2.24, 2.45) is 5.92 Å². The summed E-state index contributed by atoms with van der Waals surface area (Å²) in [6.07, 6.45) is 5.74. The van der Waals surface area contributed by atoms with Crippen LogP contribution in [0.25, 0.3) is 0 Å². The highest BCUT2D eigenvalue weighted by molar-refractivity contribution is 5.28. The van der Waals surface area contributed by atoms with Crippen LogP contribution in [0.15, 0.2) is 4.52 Å². The maximum atomic E-state index is 5.43. The van der Waals surface area contributed by atoms with Gasteiger partial charge in [-0.25, -0.2) is 0 Å². The maximum absolute atomic E-state index is 5.43. The van der Waals surface area contributed by atoms with Crippen LogP contribution in [0.3, 0.4) is 0 Å². The fourth-order valence-corrected chi connectivity index (χ4v) is 2.86. The van der Waals surface area contributed by atoms with Gasteiger partial charge >= 0.3 is 0 Å². The van der Waals surface area contributed by atoms with Gasteiger partial charge in [-0.2, -0.15) is 4.98 Å². The molecule has 1 unspecified atom stereocenters. The average Bonchev–Trinajstić information content (AvgIpc) is 2.88. The van der Waals surface area contributed by atoms with Crippen molar-refractivity contribution in [3.8, 4) is 0 Å². The highest BCUT2D eigenvalue weighted by Crippen LogP contribution is 2.17. The second-order valence-electron chi connectivity index (χ2n) is 6.12. The summed E-state index contributed by atoms with van der Waals surface area (Å²) >= 11 is 0. The first kappa shape index (κ1) is 15.3. The van der Waals surface area contributed by atoms with Crippen molar-refractivity contribution in [2.45, 2.75) is 58.9 Å². The van der Waals surface area contributed by atoms with Gasteiger partial charge in [-0.05, 0) is 43.3 Å². The Bertz CT molecular complexity index is 385. The Kier molecular flexibility index (Phi) is 5.83. The van der Waals surface area contributed by atoms with Crippen LogP contribution in [0.5, 0.6) is 0 Å². The summed E-state index contributed by atoms with van der Waals surface area (Å²) in [5.41, 5.74) is 0. The summed E-state index contributed by atoms with van der Waals surface area (Å²) < 4.78 is 5.43. The zero-order valence-electron chi connectivity index (χ0n) is 13.1. The number of hydrogen-bond donors (Lipinski definition) is 1. The molecule has 0 aliphatic carbocycles. The molecule has 1 saturated heterocycles. The minimum atomic E-state index is 0.426. The molecule has 5 nitrogen and oxygen atoms in total. The van der Waals surface area contributed by atoms with Crippen LogP contribution in [-0.4, -0.2) is 35.8 Å². The van der Waals surface area contributed by atoms with Crippen molar-refractivity contribution in [1.82, 2.24) is 15.5 Å². The maximum Gasteiger partial charge on any atom is 0.266 e. The van der Waals surface area contributed by atoms with E-state index in [0.717, 1.165) is 44.3 Å². The molecule has 1 atom stereocenters. The number of likely N-dealkylation sites (N-methyl/N-ethyl adjacent to an activating group) is 1. The Balaban J connectivity index is 1.92. The molecule has 20 heavy (non-hydrogen) atoms. The van der Waals surface area contributed by atoms with Gasteiger partial charge in [0.25, 0.3) is 5.95 Å². The number of anilines is 1. The Hall–Kier alpha value is -1.10. The summed E-state index contributed by atoms with van der Waals surface area (Å²) in [5.74, 6) is 2.21. The molecule has 0 spiro atoms. The summed E-state index contributed by atoms with van der Waals surface area (Å²) in [6, 6.07) is 0.426. The number of nitrogens with one attached hydrogen (secondary N) is 1. The van der Waals surface area contributed by atoms with E-state index in [1.165, 1.54) is 19.3 Å². The van der Waals surface area contributed by atoms with Crippen molar-refractivity contribution < 1.29 is 4.52 Å². The quantitative estimate of drug-likeness (QED) is 0.832. The van der Waals surface area contributed by atoms with E-state index in [-0.39, 0.29) is 0 Å². The fraction of sp³-hybridized carbons (Fsp3) is 0.867. The molecule has 1 aliphatic rings. The summed E-state index contributed by atoms with van der Waals surface area (Å²) in [7, 11) is 0. The van der Waals surface area contributed by atoms with Gasteiger partial charge in [0.1, 0.15) is 0 Å². The number of aromatic nitrogens is 2. The second kappa shape index (κ2) is 7.62. The van der Waals surface area contributed by atoms with Crippen LogP contribution in [0.1, 0.15) is 52.3 Å². The van der Waals surface area contributed by atoms with Crippen LogP contribution in [0.2, 0.25) is 0 Å². The molecule has 114 valence electrons. The van der Waals surface area contributed by atoms with Crippen molar-refractivity contribution >= 4 is 5.95 Å². The Labute approximate surface area is 122 Å². The van der Waals surface area contributed by atoms with Crippen LogP contribution < -0.4 is 10.2 Å². The standard InChI is InChI=1S/C15H28N4O/c1-4-16-13(10-12(2)3)11-14-17-15(18-20-14)19-8-6-5-7-9-19/h12-13,16H,4-11H2,1-3H3. The predicted octanol–water partition coefficient (Wildman–Crippen LogP) is 2.63. The molecule has 0 amide bonds. The lowest BCUT2D eigenvalue weighted by Crippen LogP contribution is -2.32. The van der Waals surface area contributed by atoms with Crippen LogP contribution in [0, 0.1) is 5.92 Å². The van der Waals surface area contributed by atoms with Gasteiger partial charge < -0.3 is 14.7 Å². The SMILES string of the molecule is CCNC(Cc1nc(N2CCCCC2)no1)CC(C)C. The zero-order chi connectivity index (χ0) is 14.4. The third kappa shape index (κ3) is 4.47. The van der Waals surface area contributed by atoms with E-state index in [2.05, 4.69) is 41.1 Å². The van der Waals surface area contributed by atoms with Gasteiger partial charge in [-0.3, -0.25) is 0 Å². The Morgan fingerprint density at radius 1 is 1.25 bits per heavy atom. The van der Waals surface area contributed by atoms with Gasteiger partial charge in [0, 0.05) is 25.6 Å². The van der Waals surface area contributed by atoms with Gasteiger partial charge in [0.05, 0.1) is 0 Å². The first-order valence-electron chi connectivity index (χ1n) is 8.00. The summed E-state index contributed by atoms with van der Waals surface area (Å²) in [4.78, 5) is 6.81. The molecule has 1 aliphatic heterocycles. The third-order valence-electron chi connectivity index (χ3n) is 3.77. The lowest BCUT2D eigenvalue weighted by molar-refractivity contribution is 0.339. The second-order valence-corrected chi connectivity index (χ2v) is 6.12. The molecule has 1 fully saturated rings. The Morgan fingerprint density at radius 3 is 2.65 bits per heavy atom. The van der Waals surface area contributed by atoms with Crippen LogP contribution in [-0.2, 0) is 6.42 Å². The van der Waals surface area contributed by atoms with Gasteiger partial charge in [-0.15, -0.1) is 0 Å². The van der Waals surface area contributed by atoms with E-state index in [1.807, 2.05) is 0 Å². The van der Waals surface area contributed by atoms with E-state index in [9.17, 15) is 0 Å². The molecule has 0 aromatic carbocycles. The monoisotopic (exact) mass is 280 g/mol. The first-order valence-corrected chi connectivity index (χ1v) is 8.00. The molecule has 0 bridgehead atoms. The lowest BCUT2D eigenvalue weighted by atomic mass is 10.0. The fourth-order valence-electron chi connectivity index (χ4n) is 2.86. The molecular formula is C15H28N4O. The largest absolute Gasteiger partial charge is 0.338 e. The van der Waals surface area contributed by atoms with Gasteiger partial charge in [0.15, 0.2) is 0 Å². The Morgan fingerprint density at radius 2 is 2.00 bits per heavy atom. The van der Waals surface area contributed by atoms with E-state index in [1.54, 1.807) is 0 Å². The summed E-state index contributed by atoms with van der Waals surface area (Å²) in [6.45, 7) is 9.72. The van der Waals surface area contributed by atoms with E-state index in [0.29, 0.717) is 12.0 Å². The molecule has 1 aromatic rings. The topological polar surface area (TPSA) is 54.2 Å². The smallest absolute Gasteiger partial charge is 0.266 e. The van der Waals surface area contributed by atoms with Crippen LogP contribution >= 0.6 is 0 Å². The molecule has 0 radical (unpaired) electrons. The van der Waals surface area contributed by atoms with E-state index >= 15 is 0 Å². The molecule has 2 heterocycles. The van der Waals surface area contributed by atoms with Gasteiger partial charge in [-0.1, -0.05) is 20.8 Å². The lowest BCUT2D eigenvalue weighted by Gasteiger charge is -2.24. The highest BCUT2D eigenvalue weighted by atomic mass is 16.5. The number of hydrogen-bond acceptors (Lipinski definition) is 5. The molecule has 1 aromatic heterocycles. The summed E-state index contributed by atoms with van der Waals surface area (Å²) in [5, 5.41) is 7.65. The molecule has 0 saturated carbocycles. The van der Waals surface area contributed by atoms with E-state index < -0.39 is 0 Å². The molecule has 5 heteroatoms. The minimum absolute atomic E-state index is 0.426. The minimum Gasteiger partial charge on any atom is -0.338 e. The third-order valence-corrected chi connectivity index (χ3v) is 3.77. The zero-order valence-corrected chi connectivity index (χ0v) is 13.1. The van der Waals surface area contributed by atoms with Crippen molar-refractivity contribution in [3.63, 3.8) is 0 Å². The molecule has 1 N–H and O–H groups in total. The predicted molar refractivity (Wildman–Crippen MR) is 81.0 cm³/mol. The molecular weight excluding hydrogens is 252 g/mol. The average molecular weight is 280 g/mol. The number of rotatable bonds is 7. The normalized spacial score (nSPS) is 17.7. The molecule has 2 rings (SSSR count). The first-order chi connectivity index (χ1) is 9.69. The van der Waals surface area contributed by atoms with Crippen molar-refractivity contribution in [2.75, 3.05) is 24.5 Å². The van der Waals surface area contributed by atoms with Crippen molar-refractivity contribution in [3.05, 3.63) is 5.89 Å². The van der Waals surface area contributed by atoms with Gasteiger partial charge in [0.2, 0.25) is 5.89 Å². The van der Waals surface area contributed by atoms with Crippen molar-refractivity contribution in [1.29, 1.82) is 0 Å². The number of piperidine rings is 1. The van der Waals surface area contributed by atoms with Crippen LogP contribution in [0.4, 0.5) is 5.95 Å². The number of nitrogens with zero attached hydrogens (tertiary/aromatic N) is 3. The highest BCUT2D eigenvalue weighted by Gasteiger charge is 2.19. The van der Waals surface area contributed by atoms with E-state index in [4.69, 9.17) is 4.52 Å².